The fourth-order valence-corrected chi connectivity index (χ4v) is 6.28. The Bertz CT molecular complexity index is 894. The van der Waals surface area contributed by atoms with Crippen LogP contribution in [0.1, 0.15) is 168 Å². The molecule has 1 heterocycles. The maximum Gasteiger partial charge on any atom is 0.220 e. The van der Waals surface area contributed by atoms with Crippen molar-refractivity contribution in [2.45, 2.75) is 211 Å². The number of allylic oxidation sites excluding steroid dienone is 5. The van der Waals surface area contributed by atoms with Crippen LogP contribution in [0.25, 0.3) is 0 Å². The van der Waals surface area contributed by atoms with Crippen LogP contribution in [0, 0.1) is 0 Å². The normalized spacial score (nSPS) is 22.4. The molecule has 0 aromatic rings. The van der Waals surface area contributed by atoms with Crippen molar-refractivity contribution < 1.29 is 39.8 Å². The minimum absolute atomic E-state index is 0.198. The van der Waals surface area contributed by atoms with E-state index in [4.69, 9.17) is 9.47 Å². The second-order valence-corrected chi connectivity index (χ2v) is 14.4. The highest BCUT2D eigenvalue weighted by molar-refractivity contribution is 5.76. The van der Waals surface area contributed by atoms with Crippen molar-refractivity contribution in [2.24, 2.45) is 0 Å². The van der Waals surface area contributed by atoms with Crippen LogP contribution in [0.4, 0.5) is 0 Å². The molecule has 7 atom stereocenters. The number of amides is 1. The van der Waals surface area contributed by atoms with Crippen LogP contribution in [-0.4, -0.2) is 87.5 Å². The Morgan fingerprint density at radius 3 is 1.65 bits per heavy atom. The smallest absolute Gasteiger partial charge is 0.220 e. The Balaban J connectivity index is 2.45. The monoisotopic (exact) mass is 724 g/mol. The molecule has 1 aliphatic heterocycles. The van der Waals surface area contributed by atoms with Gasteiger partial charge in [0.15, 0.2) is 6.29 Å². The van der Waals surface area contributed by atoms with Gasteiger partial charge in [0.2, 0.25) is 5.91 Å². The minimum Gasteiger partial charge on any atom is -0.394 e. The Kier molecular flexibility index (Phi) is 30.7. The molecule has 0 bridgehead atoms. The van der Waals surface area contributed by atoms with E-state index >= 15 is 0 Å². The van der Waals surface area contributed by atoms with Gasteiger partial charge in [-0.05, 0) is 57.8 Å². The van der Waals surface area contributed by atoms with Crippen molar-refractivity contribution in [3.05, 3.63) is 36.5 Å². The number of nitrogens with one attached hydrogen (secondary N) is 1. The van der Waals surface area contributed by atoms with Crippen molar-refractivity contribution >= 4 is 5.91 Å². The van der Waals surface area contributed by atoms with E-state index in [0.717, 1.165) is 57.8 Å². The van der Waals surface area contributed by atoms with E-state index in [1.165, 1.54) is 89.9 Å². The zero-order valence-electron chi connectivity index (χ0n) is 32.4. The molecule has 7 unspecified atom stereocenters. The van der Waals surface area contributed by atoms with Crippen molar-refractivity contribution in [1.29, 1.82) is 0 Å². The number of aliphatic hydroxyl groups is 5. The summed E-state index contributed by atoms with van der Waals surface area (Å²) in [6.07, 6.45) is 31.8. The van der Waals surface area contributed by atoms with E-state index in [-0.39, 0.29) is 12.5 Å². The topological polar surface area (TPSA) is 149 Å². The van der Waals surface area contributed by atoms with Gasteiger partial charge in [0, 0.05) is 6.42 Å². The van der Waals surface area contributed by atoms with Gasteiger partial charge in [0.25, 0.3) is 0 Å². The highest BCUT2D eigenvalue weighted by Gasteiger charge is 2.44. The molecule has 9 heteroatoms. The zero-order valence-corrected chi connectivity index (χ0v) is 32.4. The molecule has 1 fully saturated rings. The quantitative estimate of drug-likeness (QED) is 0.0298. The number of ether oxygens (including phenoxy) is 2. The number of carbonyl (C=O) groups excluding carboxylic acids is 1. The molecule has 0 radical (unpaired) electrons. The third kappa shape index (κ3) is 24.4. The highest BCUT2D eigenvalue weighted by atomic mass is 16.7. The van der Waals surface area contributed by atoms with Crippen LogP contribution < -0.4 is 5.32 Å². The lowest BCUT2D eigenvalue weighted by atomic mass is 9.99. The summed E-state index contributed by atoms with van der Waals surface area (Å²) in [6.45, 7) is 3.71. The standard InChI is InChI=1S/C42H77NO8/c1-3-5-7-9-11-13-15-17-18-20-22-24-26-28-30-32-38(46)43-35(34-50-42-41(49)40(48)39(47)37(33-44)51-42)36(45)31-29-27-25-23-21-19-16-14-12-10-8-6-4-2/h17-18,21,23,29,31,35-37,39-42,44-45,47-49H,3-16,19-20,22,24-28,30,32-34H2,1-2H3,(H,43,46)/b18-17-,23-21+,31-29+. The molecule has 298 valence electrons. The van der Waals surface area contributed by atoms with E-state index in [0.29, 0.717) is 6.42 Å². The Labute approximate surface area is 311 Å². The zero-order chi connectivity index (χ0) is 37.4. The second-order valence-electron chi connectivity index (χ2n) is 14.4. The predicted octanol–water partition coefficient (Wildman–Crippen LogP) is 7.72. The van der Waals surface area contributed by atoms with Gasteiger partial charge in [-0.1, -0.05) is 140 Å². The van der Waals surface area contributed by atoms with Gasteiger partial charge >= 0.3 is 0 Å². The first kappa shape index (κ1) is 47.4. The molecule has 1 amide bonds. The largest absolute Gasteiger partial charge is 0.394 e. The summed E-state index contributed by atoms with van der Waals surface area (Å²) in [6, 6.07) is -0.822. The molecule has 0 aromatic heterocycles. The maximum absolute atomic E-state index is 12.9. The Morgan fingerprint density at radius 1 is 0.647 bits per heavy atom. The average molecular weight is 724 g/mol. The minimum atomic E-state index is -1.57. The summed E-state index contributed by atoms with van der Waals surface area (Å²) in [5.41, 5.74) is 0. The number of rotatable bonds is 33. The van der Waals surface area contributed by atoms with Gasteiger partial charge in [-0.2, -0.15) is 0 Å². The molecule has 0 spiro atoms. The molecular weight excluding hydrogens is 646 g/mol. The third-order valence-corrected chi connectivity index (χ3v) is 9.69. The van der Waals surface area contributed by atoms with Crippen LogP contribution in [0.2, 0.25) is 0 Å². The van der Waals surface area contributed by atoms with Crippen LogP contribution >= 0.6 is 0 Å². The third-order valence-electron chi connectivity index (χ3n) is 9.69. The van der Waals surface area contributed by atoms with Gasteiger partial charge in [0.1, 0.15) is 24.4 Å². The van der Waals surface area contributed by atoms with E-state index in [1.54, 1.807) is 6.08 Å². The van der Waals surface area contributed by atoms with Gasteiger partial charge in [-0.25, -0.2) is 0 Å². The van der Waals surface area contributed by atoms with Crippen LogP contribution in [-0.2, 0) is 14.3 Å². The van der Waals surface area contributed by atoms with Crippen LogP contribution in [0.3, 0.4) is 0 Å². The summed E-state index contributed by atoms with van der Waals surface area (Å²) in [7, 11) is 0. The molecule has 6 N–H and O–H groups in total. The summed E-state index contributed by atoms with van der Waals surface area (Å²) < 4.78 is 11.2. The van der Waals surface area contributed by atoms with Gasteiger partial charge < -0.3 is 40.3 Å². The lowest BCUT2D eigenvalue weighted by molar-refractivity contribution is -0.302. The summed E-state index contributed by atoms with van der Waals surface area (Å²) >= 11 is 0. The van der Waals surface area contributed by atoms with E-state index < -0.39 is 49.5 Å². The molecule has 51 heavy (non-hydrogen) atoms. The summed E-state index contributed by atoms with van der Waals surface area (Å²) in [5.74, 6) is -0.198. The van der Waals surface area contributed by atoms with Crippen molar-refractivity contribution in [3.63, 3.8) is 0 Å². The Hall–Kier alpha value is -1.59. The lowest BCUT2D eigenvalue weighted by Crippen LogP contribution is -2.60. The molecule has 1 rings (SSSR count). The highest BCUT2D eigenvalue weighted by Crippen LogP contribution is 2.22. The molecule has 1 saturated heterocycles. The lowest BCUT2D eigenvalue weighted by Gasteiger charge is -2.40. The molecular formula is C42H77NO8. The summed E-state index contributed by atoms with van der Waals surface area (Å²) in [4.78, 5) is 12.9. The number of carbonyl (C=O) groups is 1. The SMILES string of the molecule is CCCCCCCC/C=C\CCCCCCCC(=O)NC(COC1OC(CO)C(O)C(O)C1O)C(O)/C=C/CC/C=C/CCCCCCCCC. The molecule has 0 aliphatic carbocycles. The molecule has 1 aliphatic rings. The number of hydrogen-bond acceptors (Lipinski definition) is 8. The number of unbranched alkanes of at least 4 members (excludes halogenated alkanes) is 19. The Morgan fingerprint density at radius 2 is 1.12 bits per heavy atom. The van der Waals surface area contributed by atoms with Crippen molar-refractivity contribution in [3.8, 4) is 0 Å². The number of hydrogen-bond donors (Lipinski definition) is 6. The summed E-state index contributed by atoms with van der Waals surface area (Å²) in [5, 5.41) is 53.9. The van der Waals surface area contributed by atoms with E-state index in [9.17, 15) is 30.3 Å². The number of aliphatic hydroxyl groups excluding tert-OH is 5. The molecule has 9 nitrogen and oxygen atoms in total. The first-order valence-electron chi connectivity index (χ1n) is 20.7. The first-order chi connectivity index (χ1) is 24.8. The van der Waals surface area contributed by atoms with Gasteiger partial charge in [0.05, 0.1) is 25.4 Å². The van der Waals surface area contributed by atoms with Crippen molar-refractivity contribution in [2.75, 3.05) is 13.2 Å². The van der Waals surface area contributed by atoms with E-state index in [2.05, 4.69) is 43.5 Å². The van der Waals surface area contributed by atoms with Crippen LogP contribution in [0.5, 0.6) is 0 Å². The fourth-order valence-electron chi connectivity index (χ4n) is 6.28. The van der Waals surface area contributed by atoms with Gasteiger partial charge in [-0.3, -0.25) is 4.79 Å². The van der Waals surface area contributed by atoms with Gasteiger partial charge in [-0.15, -0.1) is 0 Å². The maximum atomic E-state index is 12.9. The molecule has 0 saturated carbocycles. The second kappa shape index (κ2) is 33.0. The average Bonchev–Trinajstić information content (AvgIpc) is 3.13. The molecule has 0 aromatic carbocycles. The van der Waals surface area contributed by atoms with Crippen LogP contribution in [0.15, 0.2) is 36.5 Å². The van der Waals surface area contributed by atoms with Crippen molar-refractivity contribution in [1.82, 2.24) is 5.32 Å². The predicted molar refractivity (Wildman–Crippen MR) is 207 cm³/mol. The van der Waals surface area contributed by atoms with E-state index in [1.807, 2.05) is 6.08 Å². The fraction of sp³-hybridized carbons (Fsp3) is 0.833. The first-order valence-corrected chi connectivity index (χ1v) is 20.7.